The molecule has 1 heterocycles. The number of hydrogen-bond donors (Lipinski definition) is 1. The average Bonchev–Trinajstić information content (AvgIpc) is 2.39. The summed E-state index contributed by atoms with van der Waals surface area (Å²) in [6.45, 7) is 11.6. The highest BCUT2D eigenvalue weighted by Crippen LogP contribution is 2.23. The second-order valence-corrected chi connectivity index (χ2v) is 5.49. The summed E-state index contributed by atoms with van der Waals surface area (Å²) < 4.78 is 0. The molecule has 0 aliphatic carbocycles. The first-order valence-corrected chi connectivity index (χ1v) is 7.48. The van der Waals surface area contributed by atoms with Gasteiger partial charge in [-0.25, -0.2) is 9.97 Å². The van der Waals surface area contributed by atoms with E-state index in [0.29, 0.717) is 6.04 Å². The number of likely N-dealkylation sites (N-methyl/N-ethyl adjacent to an activating group) is 2. The summed E-state index contributed by atoms with van der Waals surface area (Å²) in [6.07, 6.45) is 2.75. The minimum Gasteiger partial charge on any atom is -0.370 e. The molecule has 0 radical (unpaired) electrons. The lowest BCUT2D eigenvalue weighted by Crippen LogP contribution is -2.41. The molecule has 114 valence electrons. The highest BCUT2D eigenvalue weighted by molar-refractivity contribution is 5.58. The molecule has 0 aromatic carbocycles. The summed E-state index contributed by atoms with van der Waals surface area (Å²) in [5.74, 6) is 1.99. The van der Waals surface area contributed by atoms with Crippen molar-refractivity contribution < 1.29 is 0 Å². The molecule has 0 saturated heterocycles. The van der Waals surface area contributed by atoms with Gasteiger partial charge in [0.05, 0.1) is 0 Å². The molecule has 1 atom stereocenters. The molecule has 0 spiro atoms. The zero-order chi connectivity index (χ0) is 15.1. The Morgan fingerprint density at radius 2 is 1.95 bits per heavy atom. The van der Waals surface area contributed by atoms with E-state index in [4.69, 9.17) is 0 Å². The summed E-state index contributed by atoms with van der Waals surface area (Å²) in [6, 6.07) is 0.419. The molecule has 1 N–H and O–H groups in total. The fourth-order valence-corrected chi connectivity index (χ4v) is 2.45. The topological polar surface area (TPSA) is 44.3 Å². The number of nitrogens with zero attached hydrogens (tertiary/aromatic N) is 4. The maximum Gasteiger partial charge on any atom is 0.137 e. The van der Waals surface area contributed by atoms with Crippen molar-refractivity contribution in [2.75, 3.05) is 43.9 Å². The Morgan fingerprint density at radius 1 is 1.25 bits per heavy atom. The van der Waals surface area contributed by atoms with Gasteiger partial charge in [-0.05, 0) is 41.3 Å². The van der Waals surface area contributed by atoms with Crippen molar-refractivity contribution in [1.82, 2.24) is 14.9 Å². The number of hydrogen-bond acceptors (Lipinski definition) is 5. The number of anilines is 2. The van der Waals surface area contributed by atoms with Gasteiger partial charge in [-0.1, -0.05) is 6.92 Å². The monoisotopic (exact) mass is 279 g/mol. The van der Waals surface area contributed by atoms with Crippen molar-refractivity contribution in [3.05, 3.63) is 11.9 Å². The van der Waals surface area contributed by atoms with Crippen LogP contribution in [0, 0.1) is 6.92 Å². The molecular weight excluding hydrogens is 250 g/mol. The molecule has 20 heavy (non-hydrogen) atoms. The van der Waals surface area contributed by atoms with E-state index in [0.717, 1.165) is 43.3 Å². The van der Waals surface area contributed by atoms with Gasteiger partial charge in [0, 0.05) is 31.2 Å². The van der Waals surface area contributed by atoms with E-state index in [-0.39, 0.29) is 0 Å². The van der Waals surface area contributed by atoms with E-state index in [2.05, 4.69) is 66.9 Å². The quantitative estimate of drug-likeness (QED) is 0.791. The lowest BCUT2D eigenvalue weighted by atomic mass is 10.2. The van der Waals surface area contributed by atoms with Crippen LogP contribution >= 0.6 is 0 Å². The normalized spacial score (nSPS) is 12.6. The van der Waals surface area contributed by atoms with E-state index in [1.165, 1.54) is 0 Å². The Hall–Kier alpha value is -1.36. The van der Waals surface area contributed by atoms with Gasteiger partial charge in [0.15, 0.2) is 0 Å². The zero-order valence-corrected chi connectivity index (χ0v) is 13.8. The van der Waals surface area contributed by atoms with Gasteiger partial charge in [-0.3, -0.25) is 0 Å². The molecule has 0 aliphatic heterocycles. The van der Waals surface area contributed by atoms with E-state index in [1.807, 2.05) is 0 Å². The van der Waals surface area contributed by atoms with Crippen LogP contribution in [0.2, 0.25) is 0 Å². The zero-order valence-electron chi connectivity index (χ0n) is 13.8. The maximum absolute atomic E-state index is 4.50. The fraction of sp³-hybridized carbons (Fsp3) is 0.733. The molecule has 0 bridgehead atoms. The van der Waals surface area contributed by atoms with Gasteiger partial charge >= 0.3 is 0 Å². The Bertz CT molecular complexity index is 405. The Kier molecular flexibility index (Phi) is 6.71. The van der Waals surface area contributed by atoms with Crippen LogP contribution in [0.3, 0.4) is 0 Å². The second-order valence-electron chi connectivity index (χ2n) is 5.49. The Labute approximate surface area is 123 Å². The predicted molar refractivity (Wildman–Crippen MR) is 86.6 cm³/mol. The van der Waals surface area contributed by atoms with Gasteiger partial charge in [-0.2, -0.15) is 0 Å². The summed E-state index contributed by atoms with van der Waals surface area (Å²) in [7, 11) is 4.21. The van der Waals surface area contributed by atoms with Crippen LogP contribution < -0.4 is 10.2 Å². The fourth-order valence-electron chi connectivity index (χ4n) is 2.45. The van der Waals surface area contributed by atoms with Crippen LogP contribution in [0.4, 0.5) is 11.6 Å². The van der Waals surface area contributed by atoms with Gasteiger partial charge in [0.2, 0.25) is 0 Å². The molecule has 1 aromatic heterocycles. The number of aromatic nitrogens is 2. The third-order valence-corrected chi connectivity index (χ3v) is 3.37. The molecule has 5 nitrogen and oxygen atoms in total. The second kappa shape index (κ2) is 8.04. The smallest absolute Gasteiger partial charge is 0.137 e. The van der Waals surface area contributed by atoms with Crippen LogP contribution in [0.25, 0.3) is 0 Å². The van der Waals surface area contributed by atoms with Crippen LogP contribution in [-0.2, 0) is 0 Å². The standard InChI is InChI=1S/C15H29N5/c1-7-9-16-14-13(4)15(18-11-17-14)20(8-2)12(3)10-19(5)6/h11-12H,7-10H2,1-6H3,(H,16,17,18). The summed E-state index contributed by atoms with van der Waals surface area (Å²) >= 11 is 0. The summed E-state index contributed by atoms with van der Waals surface area (Å²) in [5.41, 5.74) is 1.13. The maximum atomic E-state index is 4.50. The van der Waals surface area contributed by atoms with E-state index in [1.54, 1.807) is 6.33 Å². The molecule has 1 unspecified atom stereocenters. The third-order valence-electron chi connectivity index (χ3n) is 3.37. The molecule has 1 aromatic rings. The largest absolute Gasteiger partial charge is 0.370 e. The van der Waals surface area contributed by atoms with Crippen LogP contribution in [0.1, 0.15) is 32.8 Å². The third kappa shape index (κ3) is 4.34. The van der Waals surface area contributed by atoms with Crippen LogP contribution in [0.15, 0.2) is 6.33 Å². The van der Waals surface area contributed by atoms with Gasteiger partial charge < -0.3 is 15.1 Å². The van der Waals surface area contributed by atoms with E-state index < -0.39 is 0 Å². The highest BCUT2D eigenvalue weighted by Gasteiger charge is 2.18. The molecule has 0 fully saturated rings. The summed E-state index contributed by atoms with van der Waals surface area (Å²) in [4.78, 5) is 13.4. The minimum absolute atomic E-state index is 0.419. The van der Waals surface area contributed by atoms with Gasteiger partial charge in [0.25, 0.3) is 0 Å². The first kappa shape index (κ1) is 16.7. The number of rotatable bonds is 8. The molecule has 5 heteroatoms. The van der Waals surface area contributed by atoms with Crippen molar-refractivity contribution >= 4 is 11.6 Å². The Balaban J connectivity index is 2.97. The minimum atomic E-state index is 0.419. The van der Waals surface area contributed by atoms with Crippen LogP contribution in [-0.4, -0.2) is 54.6 Å². The molecular formula is C15H29N5. The van der Waals surface area contributed by atoms with Gasteiger partial charge in [0.1, 0.15) is 18.0 Å². The highest BCUT2D eigenvalue weighted by atomic mass is 15.2. The lowest BCUT2D eigenvalue weighted by molar-refractivity contribution is 0.372. The molecule has 0 saturated carbocycles. The number of nitrogens with one attached hydrogen (secondary N) is 1. The average molecular weight is 279 g/mol. The van der Waals surface area contributed by atoms with Crippen molar-refractivity contribution in [2.24, 2.45) is 0 Å². The first-order chi connectivity index (χ1) is 9.51. The lowest BCUT2D eigenvalue weighted by Gasteiger charge is -2.32. The SMILES string of the molecule is CCCNc1ncnc(N(CC)C(C)CN(C)C)c1C. The molecule has 0 aliphatic rings. The van der Waals surface area contributed by atoms with E-state index in [9.17, 15) is 0 Å². The van der Waals surface area contributed by atoms with E-state index >= 15 is 0 Å². The molecule has 1 rings (SSSR count). The summed E-state index contributed by atoms with van der Waals surface area (Å²) in [5, 5.41) is 3.37. The van der Waals surface area contributed by atoms with Crippen molar-refractivity contribution in [3.63, 3.8) is 0 Å². The Morgan fingerprint density at radius 3 is 2.50 bits per heavy atom. The first-order valence-electron chi connectivity index (χ1n) is 7.48. The van der Waals surface area contributed by atoms with Gasteiger partial charge in [-0.15, -0.1) is 0 Å². The van der Waals surface area contributed by atoms with Crippen molar-refractivity contribution in [3.8, 4) is 0 Å². The molecule has 0 amide bonds. The van der Waals surface area contributed by atoms with Crippen LogP contribution in [0.5, 0.6) is 0 Å². The predicted octanol–water partition coefficient (Wildman–Crippen LogP) is 2.38. The van der Waals surface area contributed by atoms with Crippen molar-refractivity contribution in [1.29, 1.82) is 0 Å². The van der Waals surface area contributed by atoms with Crippen molar-refractivity contribution in [2.45, 2.75) is 40.2 Å².